The Morgan fingerprint density at radius 2 is 1.10 bits per heavy atom. The van der Waals surface area contributed by atoms with E-state index in [0.29, 0.717) is 6.42 Å². The molecule has 1 heterocycles. The highest BCUT2D eigenvalue weighted by molar-refractivity contribution is 5.76. The third kappa shape index (κ3) is 23.5. The van der Waals surface area contributed by atoms with Crippen molar-refractivity contribution in [1.29, 1.82) is 0 Å². The Kier molecular flexibility index (Phi) is 30.6. The molecule has 1 rings (SSSR count). The van der Waals surface area contributed by atoms with Crippen LogP contribution in [0, 0.1) is 0 Å². The lowest BCUT2D eigenvalue weighted by molar-refractivity contribution is -0.302. The van der Waals surface area contributed by atoms with Crippen LogP contribution in [0.4, 0.5) is 0 Å². The first kappa shape index (κ1) is 47.0. The number of hydrogen-bond acceptors (Lipinski definition) is 8. The van der Waals surface area contributed by atoms with Crippen molar-refractivity contribution >= 4 is 5.91 Å². The number of allylic oxidation sites excluding steroid dienone is 1. The first-order valence-corrected chi connectivity index (χ1v) is 20.9. The van der Waals surface area contributed by atoms with E-state index in [1.165, 1.54) is 135 Å². The Morgan fingerprint density at radius 3 is 1.52 bits per heavy atom. The fourth-order valence-electron chi connectivity index (χ4n) is 6.69. The van der Waals surface area contributed by atoms with Crippen molar-refractivity contribution in [3.63, 3.8) is 0 Å². The second kappa shape index (κ2) is 32.6. The van der Waals surface area contributed by atoms with Gasteiger partial charge in [0.1, 0.15) is 24.4 Å². The van der Waals surface area contributed by atoms with Gasteiger partial charge in [-0.3, -0.25) is 4.79 Å². The number of carbonyl (C=O) groups excluding carboxylic acids is 1. The minimum atomic E-state index is -1.56. The summed E-state index contributed by atoms with van der Waals surface area (Å²) in [4.78, 5) is 12.7. The van der Waals surface area contributed by atoms with E-state index in [2.05, 4.69) is 12.2 Å². The number of amides is 1. The molecule has 7 unspecified atom stereocenters. The molecule has 50 heavy (non-hydrogen) atoms. The van der Waals surface area contributed by atoms with Crippen molar-refractivity contribution in [3.05, 3.63) is 12.2 Å². The summed E-state index contributed by atoms with van der Waals surface area (Å²) in [5, 5.41) is 53.3. The molecule has 7 atom stereocenters. The molecule has 9 nitrogen and oxygen atoms in total. The second-order valence-corrected chi connectivity index (χ2v) is 14.8. The van der Waals surface area contributed by atoms with Gasteiger partial charge in [0.05, 0.1) is 25.4 Å². The smallest absolute Gasteiger partial charge is 0.220 e. The van der Waals surface area contributed by atoms with Crippen LogP contribution in [0.15, 0.2) is 12.2 Å². The summed E-state index contributed by atoms with van der Waals surface area (Å²) in [6, 6.07) is -0.794. The van der Waals surface area contributed by atoms with Crippen LogP contribution >= 0.6 is 0 Å². The molecule has 0 aromatic carbocycles. The molecule has 0 radical (unpaired) electrons. The summed E-state index contributed by atoms with van der Waals surface area (Å²) >= 11 is 0. The fraction of sp³-hybridized carbons (Fsp3) is 0.927. The summed E-state index contributed by atoms with van der Waals surface area (Å²) in [7, 11) is 0. The van der Waals surface area contributed by atoms with E-state index < -0.39 is 49.5 Å². The Bertz CT molecular complexity index is 797. The first-order chi connectivity index (χ1) is 24.3. The highest BCUT2D eigenvalue weighted by Crippen LogP contribution is 2.22. The average Bonchev–Trinajstić information content (AvgIpc) is 3.11. The van der Waals surface area contributed by atoms with E-state index in [4.69, 9.17) is 9.47 Å². The molecule has 0 bridgehead atoms. The number of unbranched alkanes of at least 4 members (excludes halogenated alkanes) is 24. The van der Waals surface area contributed by atoms with Gasteiger partial charge in [0, 0.05) is 6.42 Å². The maximum absolute atomic E-state index is 12.7. The summed E-state index contributed by atoms with van der Waals surface area (Å²) in [6.45, 7) is 3.56. The van der Waals surface area contributed by atoms with Crippen molar-refractivity contribution in [2.45, 2.75) is 230 Å². The summed E-state index contributed by atoms with van der Waals surface area (Å²) in [5.41, 5.74) is 0. The van der Waals surface area contributed by atoms with E-state index >= 15 is 0 Å². The van der Waals surface area contributed by atoms with Crippen molar-refractivity contribution in [2.75, 3.05) is 13.2 Å². The first-order valence-electron chi connectivity index (χ1n) is 20.9. The number of aliphatic hydroxyl groups excluding tert-OH is 5. The molecule has 0 aromatic heterocycles. The van der Waals surface area contributed by atoms with E-state index in [0.717, 1.165) is 32.1 Å². The topological polar surface area (TPSA) is 149 Å². The van der Waals surface area contributed by atoms with Gasteiger partial charge >= 0.3 is 0 Å². The highest BCUT2D eigenvalue weighted by atomic mass is 16.7. The van der Waals surface area contributed by atoms with Crippen molar-refractivity contribution in [1.82, 2.24) is 5.32 Å². The minimum absolute atomic E-state index is 0.186. The molecular formula is C41H79NO8. The predicted octanol–water partition coefficient (Wildman–Crippen LogP) is 7.78. The van der Waals surface area contributed by atoms with Crippen LogP contribution in [-0.4, -0.2) is 87.5 Å². The van der Waals surface area contributed by atoms with E-state index in [1.807, 2.05) is 13.0 Å². The van der Waals surface area contributed by atoms with Gasteiger partial charge in [-0.25, -0.2) is 0 Å². The van der Waals surface area contributed by atoms with Crippen molar-refractivity contribution in [2.24, 2.45) is 0 Å². The number of rotatable bonds is 34. The van der Waals surface area contributed by atoms with E-state index in [9.17, 15) is 30.3 Å². The maximum Gasteiger partial charge on any atom is 0.220 e. The SMILES string of the molecule is CCC/C=C/C(O)C(COC1OC(CO)C(O)C(O)C1O)NC(=O)CCCCCCCCCCCCCCCCCCCCCCCCCC. The third-order valence-corrected chi connectivity index (χ3v) is 10.1. The molecule has 0 spiro atoms. The average molecular weight is 714 g/mol. The van der Waals surface area contributed by atoms with Gasteiger partial charge in [0.15, 0.2) is 6.29 Å². The number of ether oxygens (including phenoxy) is 2. The van der Waals surface area contributed by atoms with Gasteiger partial charge in [0.25, 0.3) is 0 Å². The number of aliphatic hydroxyl groups is 5. The largest absolute Gasteiger partial charge is 0.394 e. The lowest BCUT2D eigenvalue weighted by atomic mass is 9.99. The predicted molar refractivity (Wildman–Crippen MR) is 203 cm³/mol. The zero-order valence-electron chi connectivity index (χ0n) is 32.2. The zero-order valence-corrected chi connectivity index (χ0v) is 32.2. The van der Waals surface area contributed by atoms with Crippen LogP contribution in [0.1, 0.15) is 187 Å². The maximum atomic E-state index is 12.7. The molecule has 6 N–H and O–H groups in total. The molecule has 0 aromatic rings. The van der Waals surface area contributed by atoms with Gasteiger partial charge in [-0.2, -0.15) is 0 Å². The van der Waals surface area contributed by atoms with Crippen LogP contribution in [0.3, 0.4) is 0 Å². The standard InChI is InChI=1S/C41H79NO8/c1-3-5-7-8-9-10-11-12-13-14-15-16-17-18-19-20-21-22-23-24-25-26-27-29-31-37(45)42-34(35(44)30-28-6-4-2)33-49-41-40(48)39(47)38(46)36(32-43)50-41/h28,30,34-36,38-41,43-44,46-48H,3-27,29,31-33H2,1-2H3,(H,42,45)/b30-28+. The lowest BCUT2D eigenvalue weighted by Gasteiger charge is -2.40. The summed E-state index contributed by atoms with van der Waals surface area (Å²) in [5.74, 6) is -0.186. The molecule has 0 aliphatic carbocycles. The van der Waals surface area contributed by atoms with Crippen LogP contribution in [-0.2, 0) is 14.3 Å². The van der Waals surface area contributed by atoms with Crippen LogP contribution < -0.4 is 5.32 Å². The molecule has 0 saturated carbocycles. The minimum Gasteiger partial charge on any atom is -0.394 e. The zero-order chi connectivity index (χ0) is 36.7. The molecule has 1 amide bonds. The van der Waals surface area contributed by atoms with Gasteiger partial charge in [-0.05, 0) is 12.8 Å². The number of nitrogens with one attached hydrogen (secondary N) is 1. The molecule has 1 aliphatic heterocycles. The number of carbonyl (C=O) groups is 1. The summed E-state index contributed by atoms with van der Waals surface area (Å²) < 4.78 is 11.0. The quantitative estimate of drug-likeness (QED) is 0.0293. The lowest BCUT2D eigenvalue weighted by Crippen LogP contribution is -2.60. The second-order valence-electron chi connectivity index (χ2n) is 14.8. The van der Waals surface area contributed by atoms with Gasteiger partial charge in [-0.1, -0.05) is 180 Å². The van der Waals surface area contributed by atoms with Crippen LogP contribution in [0.2, 0.25) is 0 Å². The van der Waals surface area contributed by atoms with Crippen molar-refractivity contribution in [3.8, 4) is 0 Å². The molecule has 1 saturated heterocycles. The molecule has 1 aliphatic rings. The van der Waals surface area contributed by atoms with Crippen LogP contribution in [0.5, 0.6) is 0 Å². The van der Waals surface area contributed by atoms with Gasteiger partial charge in [0.2, 0.25) is 5.91 Å². The third-order valence-electron chi connectivity index (χ3n) is 10.1. The molecule has 9 heteroatoms. The summed E-state index contributed by atoms with van der Waals surface area (Å²) in [6.07, 6.45) is 29.4. The Hall–Kier alpha value is -1.07. The molecule has 296 valence electrons. The van der Waals surface area contributed by atoms with E-state index in [-0.39, 0.29) is 12.5 Å². The van der Waals surface area contributed by atoms with Gasteiger partial charge in [-0.15, -0.1) is 0 Å². The Balaban J connectivity index is 2.07. The normalized spacial score (nSPS) is 22.3. The van der Waals surface area contributed by atoms with E-state index in [1.54, 1.807) is 6.08 Å². The molecule has 1 fully saturated rings. The Labute approximate surface area is 306 Å². The highest BCUT2D eigenvalue weighted by Gasteiger charge is 2.44. The monoisotopic (exact) mass is 714 g/mol. The fourth-order valence-corrected chi connectivity index (χ4v) is 6.69. The Morgan fingerprint density at radius 1 is 0.660 bits per heavy atom. The number of hydrogen-bond donors (Lipinski definition) is 6. The van der Waals surface area contributed by atoms with Gasteiger partial charge < -0.3 is 40.3 Å². The van der Waals surface area contributed by atoms with Crippen molar-refractivity contribution < 1.29 is 39.8 Å². The molecular weight excluding hydrogens is 634 g/mol. The van der Waals surface area contributed by atoms with Crippen LogP contribution in [0.25, 0.3) is 0 Å².